The summed E-state index contributed by atoms with van der Waals surface area (Å²) < 4.78 is 1.44. The van der Waals surface area contributed by atoms with Gasteiger partial charge in [-0.25, -0.2) is 4.98 Å². The molecule has 0 radical (unpaired) electrons. The van der Waals surface area contributed by atoms with Crippen molar-refractivity contribution in [3.63, 3.8) is 0 Å². The van der Waals surface area contributed by atoms with Crippen LogP contribution in [-0.2, 0) is 0 Å². The highest BCUT2D eigenvalue weighted by atomic mass is 32.2. The minimum absolute atomic E-state index is 0.00251. The highest BCUT2D eigenvalue weighted by Crippen LogP contribution is 2.41. The van der Waals surface area contributed by atoms with E-state index in [2.05, 4.69) is 22.2 Å². The predicted molar refractivity (Wildman–Crippen MR) is 85.7 cm³/mol. The Morgan fingerprint density at radius 2 is 1.68 bits per heavy atom. The molecule has 2 heterocycles. The van der Waals surface area contributed by atoms with Gasteiger partial charge in [0.2, 0.25) is 0 Å². The normalized spacial score (nSPS) is 17.3. The molecule has 0 amide bonds. The highest BCUT2D eigenvalue weighted by molar-refractivity contribution is 7.99. The fraction of sp³-hybridized carbons (Fsp3) is 0.118. The average Bonchev–Trinajstić information content (AvgIpc) is 3.01. The van der Waals surface area contributed by atoms with E-state index in [0.717, 1.165) is 11.1 Å². The van der Waals surface area contributed by atoms with Crippen LogP contribution in [0.15, 0.2) is 65.8 Å². The summed E-state index contributed by atoms with van der Waals surface area (Å²) in [6.45, 7) is 0. The molecule has 0 saturated heterocycles. The molecule has 5 heteroatoms. The lowest BCUT2D eigenvalue weighted by Crippen LogP contribution is -2.20. The van der Waals surface area contributed by atoms with E-state index < -0.39 is 0 Å². The van der Waals surface area contributed by atoms with E-state index in [1.165, 1.54) is 4.68 Å². The van der Waals surface area contributed by atoms with Gasteiger partial charge in [-0.1, -0.05) is 72.4 Å². The summed E-state index contributed by atoms with van der Waals surface area (Å²) in [6, 6.07) is 19.8. The first-order chi connectivity index (χ1) is 10.8. The molecule has 0 bridgehead atoms. The molecule has 1 aromatic heterocycles. The zero-order valence-corrected chi connectivity index (χ0v) is 12.5. The summed E-state index contributed by atoms with van der Waals surface area (Å²) in [4.78, 5) is 16.9. The minimum Gasteiger partial charge on any atom is -0.272 e. The highest BCUT2D eigenvalue weighted by Gasteiger charge is 2.29. The number of rotatable bonds is 2. The SMILES string of the molecule is O=C1CC(c2ccccc2)Sc2nc(-c3ccccc3)nn21. The third-order valence-electron chi connectivity index (χ3n) is 3.62. The van der Waals surface area contributed by atoms with Crippen LogP contribution in [0.2, 0.25) is 0 Å². The van der Waals surface area contributed by atoms with Crippen LogP contribution in [-0.4, -0.2) is 20.7 Å². The molecule has 1 aliphatic heterocycles. The summed E-state index contributed by atoms with van der Waals surface area (Å²) >= 11 is 1.60. The Morgan fingerprint density at radius 3 is 2.41 bits per heavy atom. The lowest BCUT2D eigenvalue weighted by atomic mass is 10.1. The van der Waals surface area contributed by atoms with Gasteiger partial charge in [0.1, 0.15) is 0 Å². The van der Waals surface area contributed by atoms with Crippen molar-refractivity contribution >= 4 is 17.7 Å². The molecular formula is C17H13N3OS. The molecule has 22 heavy (non-hydrogen) atoms. The van der Waals surface area contributed by atoms with Crippen molar-refractivity contribution in [1.29, 1.82) is 0 Å². The van der Waals surface area contributed by atoms with Crippen LogP contribution in [0.5, 0.6) is 0 Å². The van der Waals surface area contributed by atoms with Crippen LogP contribution in [0.3, 0.4) is 0 Å². The number of carbonyl (C=O) groups excluding carboxylic acids is 1. The fourth-order valence-corrected chi connectivity index (χ4v) is 3.67. The summed E-state index contributed by atoms with van der Waals surface area (Å²) in [7, 11) is 0. The van der Waals surface area contributed by atoms with Crippen molar-refractivity contribution < 1.29 is 4.79 Å². The smallest absolute Gasteiger partial charge is 0.250 e. The van der Waals surface area contributed by atoms with Gasteiger partial charge in [0, 0.05) is 17.2 Å². The van der Waals surface area contributed by atoms with Crippen molar-refractivity contribution in [1.82, 2.24) is 14.8 Å². The van der Waals surface area contributed by atoms with Crippen molar-refractivity contribution in [2.45, 2.75) is 16.8 Å². The second-order valence-electron chi connectivity index (χ2n) is 5.11. The molecule has 3 aromatic rings. The van der Waals surface area contributed by atoms with E-state index in [4.69, 9.17) is 0 Å². The first-order valence-corrected chi connectivity index (χ1v) is 7.96. The van der Waals surface area contributed by atoms with Crippen molar-refractivity contribution in [3.8, 4) is 11.4 Å². The van der Waals surface area contributed by atoms with Crippen LogP contribution in [0.4, 0.5) is 0 Å². The molecule has 108 valence electrons. The van der Waals surface area contributed by atoms with E-state index in [-0.39, 0.29) is 11.2 Å². The zero-order chi connectivity index (χ0) is 14.9. The molecule has 1 unspecified atom stereocenters. The van der Waals surface area contributed by atoms with Crippen LogP contribution in [0, 0.1) is 0 Å². The van der Waals surface area contributed by atoms with E-state index in [1.807, 2.05) is 48.5 Å². The van der Waals surface area contributed by atoms with Crippen molar-refractivity contribution in [3.05, 3.63) is 66.2 Å². The van der Waals surface area contributed by atoms with Gasteiger partial charge in [-0.3, -0.25) is 4.79 Å². The largest absolute Gasteiger partial charge is 0.272 e. The van der Waals surface area contributed by atoms with Gasteiger partial charge in [-0.15, -0.1) is 5.10 Å². The van der Waals surface area contributed by atoms with E-state index in [1.54, 1.807) is 11.8 Å². The van der Waals surface area contributed by atoms with E-state index in [0.29, 0.717) is 17.4 Å². The summed E-state index contributed by atoms with van der Waals surface area (Å²) in [5, 5.41) is 5.14. The molecule has 4 rings (SSSR count). The predicted octanol–water partition coefficient (Wildman–Crippen LogP) is 3.82. The van der Waals surface area contributed by atoms with Crippen LogP contribution in [0.1, 0.15) is 22.0 Å². The Bertz CT molecular complexity index is 814. The number of thioether (sulfide) groups is 1. The summed E-state index contributed by atoms with van der Waals surface area (Å²) in [5.41, 5.74) is 2.07. The van der Waals surface area contributed by atoms with Gasteiger partial charge in [0.15, 0.2) is 11.0 Å². The van der Waals surface area contributed by atoms with Crippen LogP contribution < -0.4 is 0 Å². The molecular weight excluding hydrogens is 294 g/mol. The van der Waals surface area contributed by atoms with Gasteiger partial charge in [-0.2, -0.15) is 4.68 Å². The van der Waals surface area contributed by atoms with Gasteiger partial charge < -0.3 is 0 Å². The Kier molecular flexibility index (Phi) is 3.27. The van der Waals surface area contributed by atoms with E-state index >= 15 is 0 Å². The maximum absolute atomic E-state index is 12.4. The van der Waals surface area contributed by atoms with Crippen molar-refractivity contribution in [2.75, 3.05) is 0 Å². The minimum atomic E-state index is -0.00251. The van der Waals surface area contributed by atoms with Crippen LogP contribution >= 0.6 is 11.8 Å². The molecule has 0 N–H and O–H groups in total. The molecule has 0 aliphatic carbocycles. The number of fused-ring (bicyclic) bond motifs is 1. The summed E-state index contributed by atoms with van der Waals surface area (Å²) in [5.74, 6) is 0.599. The number of aromatic nitrogens is 3. The second kappa shape index (κ2) is 5.42. The third kappa shape index (κ3) is 2.33. The van der Waals surface area contributed by atoms with Crippen molar-refractivity contribution in [2.24, 2.45) is 0 Å². The van der Waals surface area contributed by atoms with Gasteiger partial charge in [0.05, 0.1) is 0 Å². The third-order valence-corrected chi connectivity index (χ3v) is 4.82. The first kappa shape index (κ1) is 13.3. The first-order valence-electron chi connectivity index (χ1n) is 7.08. The topological polar surface area (TPSA) is 47.8 Å². The van der Waals surface area contributed by atoms with Gasteiger partial charge in [-0.05, 0) is 5.56 Å². The average molecular weight is 307 g/mol. The Balaban J connectivity index is 1.70. The molecule has 2 aromatic carbocycles. The lowest BCUT2D eigenvalue weighted by molar-refractivity contribution is 0.0868. The lowest BCUT2D eigenvalue weighted by Gasteiger charge is -2.20. The number of carbonyl (C=O) groups is 1. The Morgan fingerprint density at radius 1 is 1.00 bits per heavy atom. The molecule has 4 nitrogen and oxygen atoms in total. The number of hydrogen-bond donors (Lipinski definition) is 0. The maximum atomic E-state index is 12.4. The number of benzene rings is 2. The maximum Gasteiger partial charge on any atom is 0.250 e. The Labute approximate surface area is 132 Å². The second-order valence-corrected chi connectivity index (χ2v) is 6.28. The molecule has 0 fully saturated rings. The molecule has 1 atom stereocenters. The Hall–Kier alpha value is -2.40. The quantitative estimate of drug-likeness (QED) is 0.722. The molecule has 0 spiro atoms. The number of nitrogens with zero attached hydrogens (tertiary/aromatic N) is 3. The number of hydrogen-bond acceptors (Lipinski definition) is 4. The standard InChI is InChI=1S/C17H13N3OS/c21-15-11-14(12-7-3-1-4-8-12)22-17-18-16(19-20(15)17)13-9-5-2-6-10-13/h1-10,14H,11H2. The fourth-order valence-electron chi connectivity index (χ4n) is 2.51. The zero-order valence-electron chi connectivity index (χ0n) is 11.7. The monoisotopic (exact) mass is 307 g/mol. The van der Waals surface area contributed by atoms with E-state index in [9.17, 15) is 4.79 Å². The van der Waals surface area contributed by atoms with Gasteiger partial charge >= 0.3 is 0 Å². The van der Waals surface area contributed by atoms with Gasteiger partial charge in [0.25, 0.3) is 5.91 Å². The summed E-state index contributed by atoms with van der Waals surface area (Å²) in [6.07, 6.45) is 0.444. The molecule has 0 saturated carbocycles. The van der Waals surface area contributed by atoms with Crippen LogP contribution in [0.25, 0.3) is 11.4 Å². The molecule has 1 aliphatic rings.